The van der Waals surface area contributed by atoms with Crippen LogP contribution in [0.3, 0.4) is 0 Å². The van der Waals surface area contributed by atoms with Gasteiger partial charge in [-0.15, -0.1) is 0 Å². The zero-order valence-corrected chi connectivity index (χ0v) is 12.1. The molecule has 0 spiro atoms. The Bertz CT molecular complexity index is 231. The van der Waals surface area contributed by atoms with Gasteiger partial charge in [-0.3, -0.25) is 9.05 Å². The first kappa shape index (κ1) is 16.7. The molecule has 0 aromatic carbocycles. The predicted octanol–water partition coefficient (Wildman–Crippen LogP) is 4.67. The Morgan fingerprint density at radius 1 is 1.00 bits per heavy atom. The van der Waals surface area contributed by atoms with Gasteiger partial charge in [0.15, 0.2) is 0 Å². The van der Waals surface area contributed by atoms with Crippen molar-refractivity contribution in [3.63, 3.8) is 0 Å². The number of phosphoric ester groups is 1. The van der Waals surface area contributed by atoms with Crippen molar-refractivity contribution in [1.29, 1.82) is 0 Å². The van der Waals surface area contributed by atoms with Gasteiger partial charge in [0, 0.05) is 0 Å². The summed E-state index contributed by atoms with van der Waals surface area (Å²) in [7, 11) is -3.37. The molecule has 5 heteroatoms. The highest BCUT2D eigenvalue weighted by atomic mass is 31.2. The van der Waals surface area contributed by atoms with Crippen molar-refractivity contribution in [2.24, 2.45) is 0 Å². The lowest BCUT2D eigenvalue weighted by Gasteiger charge is -2.14. The topological polar surface area (TPSA) is 44.8 Å². The fourth-order valence-corrected chi connectivity index (χ4v) is 2.35. The number of hydrogen-bond acceptors (Lipinski definition) is 4. The number of rotatable bonds is 11. The summed E-state index contributed by atoms with van der Waals surface area (Å²) in [4.78, 5) is 0. The molecule has 0 atom stereocenters. The molecular formula is C12H25O4P. The van der Waals surface area contributed by atoms with Crippen LogP contribution in [0.15, 0.2) is 12.3 Å². The van der Waals surface area contributed by atoms with Crippen LogP contribution in [-0.4, -0.2) is 13.2 Å². The van der Waals surface area contributed by atoms with Crippen LogP contribution in [0.4, 0.5) is 0 Å². The SMILES string of the molecule is CCCCCC/C=C/OP(=O)(OCC)OCC. The van der Waals surface area contributed by atoms with Crippen molar-refractivity contribution in [3.05, 3.63) is 12.3 Å². The molecule has 0 radical (unpaired) electrons. The number of unbranched alkanes of at least 4 members (excludes halogenated alkanes) is 4. The van der Waals surface area contributed by atoms with E-state index in [1.54, 1.807) is 13.8 Å². The van der Waals surface area contributed by atoms with Gasteiger partial charge >= 0.3 is 7.82 Å². The van der Waals surface area contributed by atoms with E-state index in [-0.39, 0.29) is 0 Å². The van der Waals surface area contributed by atoms with Gasteiger partial charge in [-0.1, -0.05) is 26.2 Å². The van der Waals surface area contributed by atoms with E-state index >= 15 is 0 Å². The molecule has 0 amide bonds. The van der Waals surface area contributed by atoms with Gasteiger partial charge in [0.1, 0.15) is 0 Å². The largest absolute Gasteiger partial charge is 0.529 e. The van der Waals surface area contributed by atoms with Gasteiger partial charge in [0.05, 0.1) is 19.5 Å². The lowest BCUT2D eigenvalue weighted by Crippen LogP contribution is -1.96. The molecule has 0 unspecified atom stereocenters. The van der Waals surface area contributed by atoms with Crippen LogP contribution in [0, 0.1) is 0 Å². The van der Waals surface area contributed by atoms with Gasteiger partial charge in [0.25, 0.3) is 0 Å². The minimum atomic E-state index is -3.37. The molecule has 0 aliphatic carbocycles. The molecule has 102 valence electrons. The second-order valence-corrected chi connectivity index (χ2v) is 5.23. The number of phosphoric acid groups is 1. The van der Waals surface area contributed by atoms with E-state index in [0.29, 0.717) is 13.2 Å². The highest BCUT2D eigenvalue weighted by Gasteiger charge is 2.24. The van der Waals surface area contributed by atoms with Gasteiger partial charge in [-0.25, -0.2) is 4.57 Å². The summed E-state index contributed by atoms with van der Waals surface area (Å²) in [6, 6.07) is 0. The molecule has 0 aromatic heterocycles. The maximum Gasteiger partial charge on any atom is 0.529 e. The average molecular weight is 264 g/mol. The summed E-state index contributed by atoms with van der Waals surface area (Å²) in [5.74, 6) is 0. The third-order valence-electron chi connectivity index (χ3n) is 2.08. The van der Waals surface area contributed by atoms with Gasteiger partial charge in [-0.2, -0.15) is 0 Å². The lowest BCUT2D eigenvalue weighted by atomic mass is 10.2. The fourth-order valence-electron chi connectivity index (χ4n) is 1.29. The molecule has 0 aliphatic heterocycles. The first-order valence-corrected chi connectivity index (χ1v) is 7.87. The molecule has 0 rings (SSSR count). The first-order chi connectivity index (χ1) is 8.18. The molecule has 17 heavy (non-hydrogen) atoms. The molecule has 0 aromatic rings. The van der Waals surface area contributed by atoms with Crippen LogP contribution in [0.2, 0.25) is 0 Å². The number of hydrogen-bond donors (Lipinski definition) is 0. The minimum Gasteiger partial charge on any atom is -0.412 e. The van der Waals surface area contributed by atoms with Gasteiger partial charge in [0.2, 0.25) is 0 Å². The van der Waals surface area contributed by atoms with Crippen molar-refractivity contribution in [1.82, 2.24) is 0 Å². The molecule has 0 fully saturated rings. The summed E-state index contributed by atoms with van der Waals surface area (Å²) >= 11 is 0. The summed E-state index contributed by atoms with van der Waals surface area (Å²) in [6.45, 7) is 6.30. The highest BCUT2D eigenvalue weighted by molar-refractivity contribution is 7.48. The highest BCUT2D eigenvalue weighted by Crippen LogP contribution is 2.49. The first-order valence-electron chi connectivity index (χ1n) is 6.41. The molecule has 0 saturated heterocycles. The van der Waals surface area contributed by atoms with Crippen LogP contribution in [0.1, 0.15) is 52.9 Å². The zero-order valence-electron chi connectivity index (χ0n) is 11.2. The van der Waals surface area contributed by atoms with E-state index < -0.39 is 7.82 Å². The maximum atomic E-state index is 11.8. The molecule has 0 saturated carbocycles. The molecule has 0 aliphatic rings. The molecule has 4 nitrogen and oxygen atoms in total. The van der Waals surface area contributed by atoms with Crippen molar-refractivity contribution >= 4 is 7.82 Å². The Morgan fingerprint density at radius 2 is 1.65 bits per heavy atom. The predicted molar refractivity (Wildman–Crippen MR) is 69.8 cm³/mol. The Labute approximate surface area is 105 Å². The minimum absolute atomic E-state index is 0.307. The smallest absolute Gasteiger partial charge is 0.412 e. The summed E-state index contributed by atoms with van der Waals surface area (Å²) in [5, 5.41) is 0. The van der Waals surface area contributed by atoms with Crippen LogP contribution in [0.5, 0.6) is 0 Å². The van der Waals surface area contributed by atoms with Crippen LogP contribution in [0.25, 0.3) is 0 Å². The van der Waals surface area contributed by atoms with Crippen molar-refractivity contribution < 1.29 is 18.1 Å². The Balaban J connectivity index is 3.80. The van der Waals surface area contributed by atoms with E-state index in [4.69, 9.17) is 13.6 Å². The quantitative estimate of drug-likeness (QED) is 0.309. The Kier molecular flexibility index (Phi) is 10.6. The average Bonchev–Trinajstić information content (AvgIpc) is 2.28. The van der Waals surface area contributed by atoms with Crippen LogP contribution in [-0.2, 0) is 18.1 Å². The monoisotopic (exact) mass is 264 g/mol. The summed E-state index contributed by atoms with van der Waals surface area (Å²) < 4.78 is 26.8. The Morgan fingerprint density at radius 3 is 2.18 bits per heavy atom. The normalized spacial score (nSPS) is 12.2. The van der Waals surface area contributed by atoms with E-state index in [2.05, 4.69) is 6.92 Å². The molecule has 0 N–H and O–H groups in total. The molecule has 0 heterocycles. The number of allylic oxidation sites excluding steroid dienone is 1. The van der Waals surface area contributed by atoms with E-state index in [1.165, 1.54) is 25.5 Å². The van der Waals surface area contributed by atoms with E-state index in [0.717, 1.165) is 12.8 Å². The van der Waals surface area contributed by atoms with Crippen LogP contribution >= 0.6 is 7.82 Å². The standard InChI is InChI=1S/C12H25O4P/c1-4-7-8-9-10-11-12-16-17(13,14-5-2)15-6-3/h11-12H,4-10H2,1-3H3/b12-11+. The second kappa shape index (κ2) is 10.8. The van der Waals surface area contributed by atoms with Crippen molar-refractivity contribution in [2.75, 3.05) is 13.2 Å². The van der Waals surface area contributed by atoms with Gasteiger partial charge < -0.3 is 4.52 Å². The summed E-state index contributed by atoms with van der Waals surface area (Å²) in [6.07, 6.45) is 9.04. The van der Waals surface area contributed by atoms with E-state index in [1.807, 2.05) is 6.08 Å². The van der Waals surface area contributed by atoms with Gasteiger partial charge in [-0.05, 0) is 32.8 Å². The van der Waals surface area contributed by atoms with E-state index in [9.17, 15) is 4.57 Å². The van der Waals surface area contributed by atoms with Crippen molar-refractivity contribution in [3.8, 4) is 0 Å². The fraction of sp³-hybridized carbons (Fsp3) is 0.833. The zero-order chi connectivity index (χ0) is 13.0. The molecular weight excluding hydrogens is 239 g/mol. The van der Waals surface area contributed by atoms with Crippen LogP contribution < -0.4 is 0 Å². The Hall–Kier alpha value is -0.310. The second-order valence-electron chi connectivity index (χ2n) is 3.61. The van der Waals surface area contributed by atoms with Crippen molar-refractivity contribution in [2.45, 2.75) is 52.9 Å². The maximum absolute atomic E-state index is 11.8. The lowest BCUT2D eigenvalue weighted by molar-refractivity contribution is 0.153. The molecule has 0 bridgehead atoms. The summed E-state index contributed by atoms with van der Waals surface area (Å²) in [5.41, 5.74) is 0. The third kappa shape index (κ3) is 9.40. The third-order valence-corrected chi connectivity index (χ3v) is 3.61.